The number of carbonyl (C=O) groups is 2. The number of anilines is 1. The van der Waals surface area contributed by atoms with Crippen LogP contribution in [0.4, 0.5) is 5.82 Å². The van der Waals surface area contributed by atoms with E-state index in [9.17, 15) is 14.7 Å². The van der Waals surface area contributed by atoms with Crippen LogP contribution in [0.1, 0.15) is 17.2 Å². The summed E-state index contributed by atoms with van der Waals surface area (Å²) >= 11 is 3.36. The van der Waals surface area contributed by atoms with E-state index in [0.29, 0.717) is 16.9 Å². The molecule has 7 heteroatoms. The minimum absolute atomic E-state index is 0.0216. The number of amides is 1. The zero-order chi connectivity index (χ0) is 19.7. The molecular formula is C21H15BrN3O3+. The van der Waals surface area contributed by atoms with Crippen LogP contribution in [0.5, 0.6) is 0 Å². The van der Waals surface area contributed by atoms with E-state index in [0.717, 1.165) is 4.47 Å². The summed E-state index contributed by atoms with van der Waals surface area (Å²) < 4.78 is 0.750. The van der Waals surface area contributed by atoms with Crippen molar-refractivity contribution in [3.8, 4) is 0 Å². The van der Waals surface area contributed by atoms with Crippen LogP contribution in [0, 0.1) is 0 Å². The van der Waals surface area contributed by atoms with Gasteiger partial charge in [0.25, 0.3) is 5.78 Å². The van der Waals surface area contributed by atoms with Gasteiger partial charge in [-0.05, 0) is 30.3 Å². The van der Waals surface area contributed by atoms with Crippen LogP contribution in [0.3, 0.4) is 0 Å². The van der Waals surface area contributed by atoms with Gasteiger partial charge in [0.1, 0.15) is 17.6 Å². The molecule has 1 atom stereocenters. The average molecular weight is 437 g/mol. The van der Waals surface area contributed by atoms with E-state index in [-0.39, 0.29) is 11.3 Å². The van der Waals surface area contributed by atoms with Crippen LogP contribution < -0.4 is 9.88 Å². The Morgan fingerprint density at radius 3 is 2.64 bits per heavy atom. The molecule has 3 heterocycles. The zero-order valence-electron chi connectivity index (χ0n) is 14.5. The fraction of sp³-hybridized carbons (Fsp3) is 0.0476. The number of aromatic amines is 1. The summed E-state index contributed by atoms with van der Waals surface area (Å²) in [6.07, 6.45) is 4.97. The fourth-order valence-electron chi connectivity index (χ4n) is 3.25. The predicted molar refractivity (Wildman–Crippen MR) is 106 cm³/mol. The molecule has 0 saturated carbocycles. The highest BCUT2D eigenvalue weighted by molar-refractivity contribution is 9.10. The SMILES string of the molecule is O=C1C(=O)N(c2ccccn2)C(c2ccc[nH+]c2)C1=C(O)c1cccc(Br)c1. The van der Waals surface area contributed by atoms with Crippen LogP contribution in [0.2, 0.25) is 0 Å². The number of rotatable bonds is 3. The number of Topliss-reactive ketones (excluding diaryl/α,β-unsaturated/α-hetero) is 1. The van der Waals surface area contributed by atoms with Crippen molar-refractivity contribution in [1.29, 1.82) is 0 Å². The molecule has 28 heavy (non-hydrogen) atoms. The highest BCUT2D eigenvalue weighted by Crippen LogP contribution is 2.41. The number of H-pyrrole nitrogens is 1. The summed E-state index contributed by atoms with van der Waals surface area (Å²) in [6.45, 7) is 0. The first-order valence-electron chi connectivity index (χ1n) is 8.52. The van der Waals surface area contributed by atoms with E-state index < -0.39 is 17.7 Å². The van der Waals surface area contributed by atoms with Crippen LogP contribution in [-0.2, 0) is 9.59 Å². The molecule has 3 aromatic rings. The van der Waals surface area contributed by atoms with Gasteiger partial charge in [0.2, 0.25) is 0 Å². The summed E-state index contributed by atoms with van der Waals surface area (Å²) in [5.41, 5.74) is 1.12. The second kappa shape index (κ2) is 7.36. The molecule has 1 amide bonds. The topological polar surface area (TPSA) is 84.6 Å². The predicted octanol–water partition coefficient (Wildman–Crippen LogP) is 3.28. The molecule has 0 bridgehead atoms. The van der Waals surface area contributed by atoms with Gasteiger partial charge in [-0.15, -0.1) is 0 Å². The maximum Gasteiger partial charge on any atom is 0.301 e. The van der Waals surface area contributed by atoms with Gasteiger partial charge in [-0.1, -0.05) is 34.1 Å². The lowest BCUT2D eigenvalue weighted by Crippen LogP contribution is -2.30. The number of aliphatic hydroxyl groups excluding tert-OH is 1. The quantitative estimate of drug-likeness (QED) is 0.387. The van der Waals surface area contributed by atoms with Crippen LogP contribution in [0.15, 0.2) is 83.2 Å². The standard InChI is InChI=1S/C21H14BrN3O3/c22-15-7-3-5-13(11-15)19(26)17-18(14-6-4-9-23-12-14)25(21(28)20(17)27)16-8-1-2-10-24-16/h1-12,18,26H/p+1. The third-order valence-corrected chi connectivity index (χ3v) is 4.98. The summed E-state index contributed by atoms with van der Waals surface area (Å²) in [4.78, 5) is 34.3. The van der Waals surface area contributed by atoms with Crippen LogP contribution >= 0.6 is 15.9 Å². The first-order valence-corrected chi connectivity index (χ1v) is 9.31. The highest BCUT2D eigenvalue weighted by atomic mass is 79.9. The molecule has 1 aliphatic heterocycles. The molecule has 1 unspecified atom stereocenters. The van der Waals surface area contributed by atoms with Crippen molar-refractivity contribution in [2.75, 3.05) is 4.90 Å². The van der Waals surface area contributed by atoms with E-state index in [1.54, 1.807) is 67.1 Å². The summed E-state index contributed by atoms with van der Waals surface area (Å²) in [7, 11) is 0. The Labute approximate surface area is 169 Å². The van der Waals surface area contributed by atoms with Crippen molar-refractivity contribution in [3.05, 3.63) is 94.4 Å². The van der Waals surface area contributed by atoms with Gasteiger partial charge in [-0.2, -0.15) is 0 Å². The van der Waals surface area contributed by atoms with Crippen molar-refractivity contribution >= 4 is 39.2 Å². The number of hydrogen-bond acceptors (Lipinski definition) is 4. The van der Waals surface area contributed by atoms with Crippen molar-refractivity contribution in [3.63, 3.8) is 0 Å². The number of nitrogens with one attached hydrogen (secondary N) is 1. The molecular weight excluding hydrogens is 422 g/mol. The van der Waals surface area contributed by atoms with E-state index in [1.165, 1.54) is 4.90 Å². The number of carbonyl (C=O) groups excluding carboxylic acids is 2. The van der Waals surface area contributed by atoms with Crippen LogP contribution in [0.25, 0.3) is 5.76 Å². The average Bonchev–Trinajstić information content (AvgIpc) is 2.99. The molecule has 1 fully saturated rings. The maximum absolute atomic E-state index is 12.9. The van der Waals surface area contributed by atoms with Crippen molar-refractivity contribution in [2.24, 2.45) is 0 Å². The Balaban J connectivity index is 1.95. The zero-order valence-corrected chi connectivity index (χ0v) is 16.1. The van der Waals surface area contributed by atoms with Gasteiger partial charge < -0.3 is 5.11 Å². The number of pyridine rings is 2. The largest absolute Gasteiger partial charge is 0.507 e. The molecule has 0 spiro atoms. The number of aromatic nitrogens is 2. The second-order valence-corrected chi connectivity index (χ2v) is 7.12. The lowest BCUT2D eigenvalue weighted by Gasteiger charge is -2.23. The summed E-state index contributed by atoms with van der Waals surface area (Å²) in [6, 6.07) is 14.8. The number of halogens is 1. The third kappa shape index (κ3) is 3.10. The van der Waals surface area contributed by atoms with Crippen molar-refractivity contribution in [2.45, 2.75) is 6.04 Å². The number of hydrogen-bond donors (Lipinski definition) is 1. The number of nitrogens with zero attached hydrogens (tertiary/aromatic N) is 2. The van der Waals surface area contributed by atoms with Gasteiger partial charge >= 0.3 is 5.91 Å². The second-order valence-electron chi connectivity index (χ2n) is 6.20. The molecule has 1 saturated heterocycles. The Morgan fingerprint density at radius 2 is 1.96 bits per heavy atom. The van der Waals surface area contributed by atoms with Crippen molar-refractivity contribution < 1.29 is 19.7 Å². The van der Waals surface area contributed by atoms with Gasteiger partial charge in [-0.3, -0.25) is 14.5 Å². The Kier molecular flexibility index (Phi) is 4.75. The van der Waals surface area contributed by atoms with Gasteiger partial charge in [-0.25, -0.2) is 9.97 Å². The lowest BCUT2D eigenvalue weighted by atomic mass is 9.96. The molecule has 6 nitrogen and oxygen atoms in total. The van der Waals surface area contributed by atoms with Gasteiger partial charge in [0, 0.05) is 27.9 Å². The van der Waals surface area contributed by atoms with E-state index >= 15 is 0 Å². The third-order valence-electron chi connectivity index (χ3n) is 4.49. The molecule has 0 radical (unpaired) electrons. The van der Waals surface area contributed by atoms with Gasteiger partial charge in [0.15, 0.2) is 12.4 Å². The maximum atomic E-state index is 12.9. The fourth-order valence-corrected chi connectivity index (χ4v) is 3.65. The first kappa shape index (κ1) is 18.1. The summed E-state index contributed by atoms with van der Waals surface area (Å²) in [5.74, 6) is -1.38. The van der Waals surface area contributed by atoms with Crippen LogP contribution in [-0.4, -0.2) is 21.8 Å². The minimum Gasteiger partial charge on any atom is -0.507 e. The molecule has 4 rings (SSSR count). The lowest BCUT2D eigenvalue weighted by molar-refractivity contribution is -0.378. The van der Waals surface area contributed by atoms with E-state index in [2.05, 4.69) is 25.9 Å². The molecule has 1 aliphatic rings. The highest BCUT2D eigenvalue weighted by Gasteiger charge is 2.48. The van der Waals surface area contributed by atoms with E-state index in [4.69, 9.17) is 0 Å². The number of aliphatic hydroxyl groups is 1. The molecule has 2 N–H and O–H groups in total. The molecule has 0 aliphatic carbocycles. The monoisotopic (exact) mass is 436 g/mol. The number of ketones is 1. The molecule has 2 aromatic heterocycles. The Hall–Kier alpha value is -3.32. The Bertz CT molecular complexity index is 1080. The van der Waals surface area contributed by atoms with Gasteiger partial charge in [0.05, 0.1) is 5.57 Å². The van der Waals surface area contributed by atoms with E-state index in [1.807, 2.05) is 6.07 Å². The summed E-state index contributed by atoms with van der Waals surface area (Å²) in [5, 5.41) is 11.0. The smallest absolute Gasteiger partial charge is 0.301 e. The molecule has 1 aromatic carbocycles. The minimum atomic E-state index is -0.800. The number of benzene rings is 1. The Morgan fingerprint density at radius 1 is 1.11 bits per heavy atom. The first-order chi connectivity index (χ1) is 13.6. The van der Waals surface area contributed by atoms with Crippen molar-refractivity contribution in [1.82, 2.24) is 4.98 Å². The molecule has 138 valence electrons. The normalized spacial score (nSPS) is 18.5.